The van der Waals surface area contributed by atoms with Gasteiger partial charge in [0.15, 0.2) is 0 Å². The smallest absolute Gasteiger partial charge is 0.101 e. The number of methoxy groups -OCH3 is 1. The Labute approximate surface area is 79.2 Å². The van der Waals surface area contributed by atoms with E-state index in [-0.39, 0.29) is 6.10 Å². The summed E-state index contributed by atoms with van der Waals surface area (Å²) in [4.78, 5) is 0. The third kappa shape index (κ3) is 4.57. The second-order valence-electron chi connectivity index (χ2n) is 3.41. The Balaban J connectivity index is 2.03. The first-order chi connectivity index (χ1) is 6.33. The van der Waals surface area contributed by atoms with Crippen molar-refractivity contribution in [2.75, 3.05) is 33.4 Å². The number of nitrogens with one attached hydrogen (secondary N) is 1. The number of ether oxygens (including phenoxy) is 2. The molecule has 1 heterocycles. The summed E-state index contributed by atoms with van der Waals surface area (Å²) in [7, 11) is 1.57. The third-order valence-corrected chi connectivity index (χ3v) is 2.14. The van der Waals surface area contributed by atoms with Crippen LogP contribution in [0, 0.1) is 0 Å². The zero-order valence-electron chi connectivity index (χ0n) is 8.16. The van der Waals surface area contributed by atoms with Crippen molar-refractivity contribution >= 4 is 0 Å². The first-order valence-electron chi connectivity index (χ1n) is 4.82. The molecule has 1 fully saturated rings. The van der Waals surface area contributed by atoms with E-state index in [9.17, 15) is 5.11 Å². The molecular weight excluding hydrogens is 170 g/mol. The molecule has 0 aliphatic carbocycles. The number of aliphatic hydroxyl groups excluding tert-OH is 1. The largest absolute Gasteiger partial charge is 0.388 e. The lowest BCUT2D eigenvalue weighted by atomic mass is 10.1. The normalized spacial score (nSPS) is 25.8. The maximum atomic E-state index is 9.31. The van der Waals surface area contributed by atoms with Crippen LogP contribution in [0.2, 0.25) is 0 Å². The summed E-state index contributed by atoms with van der Waals surface area (Å²) in [5.74, 6) is 0. The molecule has 0 aromatic carbocycles. The Bertz CT molecular complexity index is 126. The summed E-state index contributed by atoms with van der Waals surface area (Å²) in [6, 6.07) is 0. The first kappa shape index (κ1) is 10.9. The zero-order chi connectivity index (χ0) is 9.52. The minimum atomic E-state index is -0.494. The van der Waals surface area contributed by atoms with E-state index in [0.717, 1.165) is 25.9 Å². The second kappa shape index (κ2) is 6.32. The summed E-state index contributed by atoms with van der Waals surface area (Å²) in [6.07, 6.45) is 2.02. The van der Waals surface area contributed by atoms with Crippen molar-refractivity contribution in [2.24, 2.45) is 0 Å². The lowest BCUT2D eigenvalue weighted by Gasteiger charge is -2.24. The highest BCUT2D eigenvalue weighted by Crippen LogP contribution is 2.06. The van der Waals surface area contributed by atoms with Crippen LogP contribution in [-0.2, 0) is 9.47 Å². The third-order valence-electron chi connectivity index (χ3n) is 2.14. The van der Waals surface area contributed by atoms with Gasteiger partial charge in [0.1, 0.15) is 6.10 Å². The maximum absolute atomic E-state index is 9.31. The highest BCUT2D eigenvalue weighted by atomic mass is 16.5. The maximum Gasteiger partial charge on any atom is 0.101 e. The fourth-order valence-electron chi connectivity index (χ4n) is 1.45. The van der Waals surface area contributed by atoms with E-state index in [2.05, 4.69) is 5.32 Å². The van der Waals surface area contributed by atoms with Crippen LogP contribution < -0.4 is 5.32 Å². The molecule has 0 radical (unpaired) electrons. The van der Waals surface area contributed by atoms with Crippen LogP contribution >= 0.6 is 0 Å². The van der Waals surface area contributed by atoms with Crippen LogP contribution in [0.15, 0.2) is 0 Å². The van der Waals surface area contributed by atoms with Gasteiger partial charge in [-0.1, -0.05) is 0 Å². The molecule has 2 N–H and O–H groups in total. The van der Waals surface area contributed by atoms with Gasteiger partial charge in [0.05, 0.1) is 19.3 Å². The van der Waals surface area contributed by atoms with Crippen molar-refractivity contribution in [2.45, 2.75) is 25.0 Å². The minimum Gasteiger partial charge on any atom is -0.388 e. The highest BCUT2D eigenvalue weighted by molar-refractivity contribution is 4.69. The van der Waals surface area contributed by atoms with Gasteiger partial charge >= 0.3 is 0 Å². The summed E-state index contributed by atoms with van der Waals surface area (Å²) in [6.45, 7) is 2.71. The van der Waals surface area contributed by atoms with Gasteiger partial charge in [0.25, 0.3) is 0 Å². The van der Waals surface area contributed by atoms with Crippen LogP contribution in [-0.4, -0.2) is 50.7 Å². The standard InChI is InChI=1S/C9H19NO3/c1-12-6-8(11)7-13-9-3-2-4-10-5-9/h8-11H,2-7H2,1H3/t8?,9-/m0/s1. The molecular formula is C9H19NO3. The predicted octanol–water partition coefficient (Wildman–Crippen LogP) is -0.238. The van der Waals surface area contributed by atoms with E-state index < -0.39 is 6.10 Å². The molecule has 13 heavy (non-hydrogen) atoms. The molecule has 78 valence electrons. The number of aliphatic hydroxyl groups is 1. The van der Waals surface area contributed by atoms with Gasteiger partial charge in [-0.3, -0.25) is 0 Å². The highest BCUT2D eigenvalue weighted by Gasteiger charge is 2.14. The Kier molecular flexibility index (Phi) is 5.31. The molecule has 1 saturated heterocycles. The lowest BCUT2D eigenvalue weighted by Crippen LogP contribution is -2.37. The molecule has 0 aromatic rings. The van der Waals surface area contributed by atoms with E-state index in [4.69, 9.17) is 9.47 Å². The summed E-state index contributed by atoms with van der Waals surface area (Å²) in [5.41, 5.74) is 0. The van der Waals surface area contributed by atoms with E-state index in [1.54, 1.807) is 7.11 Å². The Hall–Kier alpha value is -0.160. The molecule has 1 aliphatic heterocycles. The van der Waals surface area contributed by atoms with E-state index in [0.29, 0.717) is 13.2 Å². The average molecular weight is 189 g/mol. The predicted molar refractivity (Wildman–Crippen MR) is 49.7 cm³/mol. The SMILES string of the molecule is COCC(O)CO[C@H]1CCCNC1. The van der Waals surface area contributed by atoms with Crippen molar-refractivity contribution in [3.05, 3.63) is 0 Å². The quantitative estimate of drug-likeness (QED) is 0.627. The minimum absolute atomic E-state index is 0.264. The van der Waals surface area contributed by atoms with Gasteiger partial charge in [-0.15, -0.1) is 0 Å². The number of rotatable bonds is 5. The van der Waals surface area contributed by atoms with E-state index >= 15 is 0 Å². The fraction of sp³-hybridized carbons (Fsp3) is 1.00. The molecule has 0 saturated carbocycles. The van der Waals surface area contributed by atoms with Gasteiger partial charge < -0.3 is 19.9 Å². The van der Waals surface area contributed by atoms with Crippen molar-refractivity contribution in [1.29, 1.82) is 0 Å². The van der Waals surface area contributed by atoms with E-state index in [1.165, 1.54) is 0 Å². The van der Waals surface area contributed by atoms with Gasteiger partial charge in [0.2, 0.25) is 0 Å². The second-order valence-corrected chi connectivity index (χ2v) is 3.41. The molecule has 1 unspecified atom stereocenters. The van der Waals surface area contributed by atoms with Crippen LogP contribution in [0.4, 0.5) is 0 Å². The van der Waals surface area contributed by atoms with Crippen molar-refractivity contribution in [3.63, 3.8) is 0 Å². The summed E-state index contributed by atoms with van der Waals surface area (Å²) in [5, 5.41) is 12.6. The topological polar surface area (TPSA) is 50.7 Å². The van der Waals surface area contributed by atoms with Crippen LogP contribution in [0.25, 0.3) is 0 Å². The molecule has 4 nitrogen and oxygen atoms in total. The fourth-order valence-corrected chi connectivity index (χ4v) is 1.45. The molecule has 1 rings (SSSR count). The lowest BCUT2D eigenvalue weighted by molar-refractivity contribution is -0.0418. The van der Waals surface area contributed by atoms with Crippen molar-refractivity contribution in [3.8, 4) is 0 Å². The van der Waals surface area contributed by atoms with Gasteiger partial charge in [-0.2, -0.15) is 0 Å². The summed E-state index contributed by atoms with van der Waals surface area (Å²) >= 11 is 0. The van der Waals surface area contributed by atoms with Crippen LogP contribution in [0.5, 0.6) is 0 Å². The molecule has 4 heteroatoms. The first-order valence-corrected chi connectivity index (χ1v) is 4.82. The molecule has 0 spiro atoms. The number of hydrogen-bond acceptors (Lipinski definition) is 4. The van der Waals surface area contributed by atoms with Crippen LogP contribution in [0.1, 0.15) is 12.8 Å². The van der Waals surface area contributed by atoms with Crippen LogP contribution in [0.3, 0.4) is 0 Å². The van der Waals surface area contributed by atoms with Gasteiger partial charge in [-0.25, -0.2) is 0 Å². The molecule has 0 bridgehead atoms. The Morgan fingerprint density at radius 1 is 1.54 bits per heavy atom. The monoisotopic (exact) mass is 189 g/mol. The molecule has 1 aliphatic rings. The zero-order valence-corrected chi connectivity index (χ0v) is 8.16. The van der Waals surface area contributed by atoms with Gasteiger partial charge in [0, 0.05) is 13.7 Å². The Morgan fingerprint density at radius 2 is 2.38 bits per heavy atom. The van der Waals surface area contributed by atoms with Crippen molar-refractivity contribution in [1.82, 2.24) is 5.32 Å². The Morgan fingerprint density at radius 3 is 3.00 bits per heavy atom. The average Bonchev–Trinajstić information content (AvgIpc) is 2.17. The molecule has 0 amide bonds. The number of hydrogen-bond donors (Lipinski definition) is 2. The molecule has 2 atom stereocenters. The van der Waals surface area contributed by atoms with Crippen molar-refractivity contribution < 1.29 is 14.6 Å². The molecule has 0 aromatic heterocycles. The van der Waals surface area contributed by atoms with Gasteiger partial charge in [-0.05, 0) is 19.4 Å². The van der Waals surface area contributed by atoms with E-state index in [1.807, 2.05) is 0 Å². The number of piperidine rings is 1. The summed E-state index contributed by atoms with van der Waals surface area (Å²) < 4.78 is 10.3.